The number of hydrogen-bond donors (Lipinski definition) is 0. The van der Waals surface area contributed by atoms with Gasteiger partial charge in [-0.2, -0.15) is 0 Å². The Morgan fingerprint density at radius 2 is 1.13 bits per heavy atom. The van der Waals surface area contributed by atoms with Crippen molar-refractivity contribution in [2.75, 3.05) is 13.2 Å². The van der Waals surface area contributed by atoms with Crippen molar-refractivity contribution >= 4 is 11.9 Å². The smallest absolute Gasteiger partial charge is 0.324 e. The predicted molar refractivity (Wildman–Crippen MR) is 92.7 cm³/mol. The first kappa shape index (κ1) is 20.4. The zero-order chi connectivity index (χ0) is 17.9. The Morgan fingerprint density at radius 1 is 0.783 bits per heavy atom. The molecule has 0 saturated heterocycles. The summed E-state index contributed by atoms with van der Waals surface area (Å²) in [5.41, 5.74) is -0.470. The van der Waals surface area contributed by atoms with E-state index < -0.39 is 17.4 Å². The monoisotopic (exact) mass is 316 g/mol. The molecule has 0 amide bonds. The zero-order valence-corrected chi connectivity index (χ0v) is 13.5. The molecule has 0 atom stereocenters. The predicted octanol–water partition coefficient (Wildman–Crippen LogP) is 3.70. The van der Waals surface area contributed by atoms with Crippen molar-refractivity contribution in [1.29, 1.82) is 0 Å². The second-order valence-corrected chi connectivity index (χ2v) is 4.94. The molecule has 0 saturated carbocycles. The van der Waals surface area contributed by atoms with Gasteiger partial charge in [-0.15, -0.1) is 13.2 Å². The molecule has 23 heavy (non-hydrogen) atoms. The molecule has 4 nitrogen and oxygen atoms in total. The van der Waals surface area contributed by atoms with Crippen molar-refractivity contribution < 1.29 is 19.1 Å². The van der Waals surface area contributed by atoms with E-state index in [4.69, 9.17) is 9.47 Å². The van der Waals surface area contributed by atoms with Crippen LogP contribution < -0.4 is 0 Å². The molecule has 0 aromatic rings. The summed E-state index contributed by atoms with van der Waals surface area (Å²) in [5, 5.41) is 0. The molecule has 0 aliphatic rings. The first-order valence-corrected chi connectivity index (χ1v) is 7.04. The van der Waals surface area contributed by atoms with Gasteiger partial charge < -0.3 is 9.47 Å². The van der Waals surface area contributed by atoms with Gasteiger partial charge in [0.1, 0.15) is 13.2 Å². The highest BCUT2D eigenvalue weighted by Crippen LogP contribution is 2.32. The summed E-state index contributed by atoms with van der Waals surface area (Å²) in [6, 6.07) is 0. The zero-order valence-electron chi connectivity index (χ0n) is 13.5. The third-order valence-electron chi connectivity index (χ3n) is 3.12. The Hall–Kier alpha value is -2.62. The van der Waals surface area contributed by atoms with Crippen molar-refractivity contribution in [3.63, 3.8) is 0 Å². The molecule has 0 aliphatic carbocycles. The van der Waals surface area contributed by atoms with Crippen LogP contribution in [0.1, 0.15) is 12.8 Å². The van der Waals surface area contributed by atoms with Crippen LogP contribution in [0.4, 0.5) is 0 Å². The van der Waals surface area contributed by atoms with Crippen LogP contribution in [0, 0.1) is 5.41 Å². The highest BCUT2D eigenvalue weighted by molar-refractivity contribution is 6.00. The summed E-state index contributed by atoms with van der Waals surface area (Å²) in [6.07, 6.45) is 6.02. The van der Waals surface area contributed by atoms with Gasteiger partial charge in [-0.1, -0.05) is 50.6 Å². The minimum atomic E-state index is -1.52. The van der Waals surface area contributed by atoms with Crippen LogP contribution in [0.3, 0.4) is 0 Å². The van der Waals surface area contributed by atoms with Gasteiger partial charge in [-0.3, -0.25) is 9.59 Å². The molecule has 0 heterocycles. The van der Waals surface area contributed by atoms with Gasteiger partial charge in [0.05, 0.1) is 0 Å². The lowest BCUT2D eigenvalue weighted by atomic mass is 9.81. The number of rotatable bonds is 12. The van der Waals surface area contributed by atoms with Crippen LogP contribution in [0.15, 0.2) is 74.9 Å². The SMILES string of the molecule is C=CCC(CC=C)(C(=O)OCC(=C)C=C)C(=O)OCC(=C)C=C. The highest BCUT2D eigenvalue weighted by Gasteiger charge is 2.47. The van der Waals surface area contributed by atoms with Gasteiger partial charge in [-0.05, 0) is 24.0 Å². The second kappa shape index (κ2) is 10.2. The summed E-state index contributed by atoms with van der Waals surface area (Å²) < 4.78 is 10.3. The fraction of sp³-hybridized carbons (Fsp3) is 0.263. The molecule has 124 valence electrons. The standard InChI is InChI=1S/C19H24O4/c1-7-11-19(12-8-2,17(20)22-13-15(5)9-3)18(21)23-14-16(6)10-4/h7-10H,1-6,11-14H2. The number of ether oxygens (including phenoxy) is 2. The Labute approximate surface area is 138 Å². The van der Waals surface area contributed by atoms with Crippen LogP contribution >= 0.6 is 0 Å². The lowest BCUT2D eigenvalue weighted by Gasteiger charge is -2.27. The molecule has 0 spiro atoms. The third kappa shape index (κ3) is 5.94. The Bertz CT molecular complexity index is 477. The molecule has 0 aromatic carbocycles. The molecule has 4 heteroatoms. The summed E-state index contributed by atoms with van der Waals surface area (Å²) in [4.78, 5) is 25.0. The van der Waals surface area contributed by atoms with Gasteiger partial charge in [0, 0.05) is 0 Å². The normalized spacial score (nSPS) is 10.1. The molecule has 0 fully saturated rings. The molecular weight excluding hydrogens is 292 g/mol. The van der Waals surface area contributed by atoms with E-state index in [2.05, 4.69) is 39.5 Å². The van der Waals surface area contributed by atoms with Crippen molar-refractivity contribution in [3.05, 3.63) is 74.9 Å². The van der Waals surface area contributed by atoms with Crippen molar-refractivity contribution in [2.24, 2.45) is 5.41 Å². The lowest BCUT2D eigenvalue weighted by molar-refractivity contribution is -0.171. The van der Waals surface area contributed by atoms with Crippen molar-refractivity contribution in [1.82, 2.24) is 0 Å². The molecule has 0 rings (SSSR count). The molecular formula is C19H24O4. The summed E-state index contributed by atoms with van der Waals surface area (Å²) >= 11 is 0. The molecule has 0 bridgehead atoms. The van der Waals surface area contributed by atoms with E-state index in [0.29, 0.717) is 11.1 Å². The van der Waals surface area contributed by atoms with E-state index in [1.807, 2.05) is 0 Å². The minimum Gasteiger partial charge on any atom is -0.460 e. The summed E-state index contributed by atoms with van der Waals surface area (Å²) in [5.74, 6) is -1.43. The highest BCUT2D eigenvalue weighted by atomic mass is 16.6. The number of allylic oxidation sites excluding steroid dienone is 2. The number of esters is 2. The van der Waals surface area contributed by atoms with Crippen LogP contribution in [0.5, 0.6) is 0 Å². The van der Waals surface area contributed by atoms with Crippen LogP contribution in [-0.2, 0) is 19.1 Å². The van der Waals surface area contributed by atoms with Crippen LogP contribution in [0.25, 0.3) is 0 Å². The second-order valence-electron chi connectivity index (χ2n) is 4.94. The fourth-order valence-electron chi connectivity index (χ4n) is 1.70. The average molecular weight is 316 g/mol. The lowest BCUT2D eigenvalue weighted by Crippen LogP contribution is -2.42. The third-order valence-corrected chi connectivity index (χ3v) is 3.12. The number of hydrogen-bond acceptors (Lipinski definition) is 4. The van der Waals surface area contributed by atoms with E-state index in [-0.39, 0.29) is 26.1 Å². The topological polar surface area (TPSA) is 52.6 Å². The molecule has 0 radical (unpaired) electrons. The minimum absolute atomic E-state index is 0.0506. The van der Waals surface area contributed by atoms with Gasteiger partial charge in [0.15, 0.2) is 5.41 Å². The maximum absolute atomic E-state index is 12.5. The summed E-state index contributed by atoms with van der Waals surface area (Å²) in [6.45, 7) is 21.5. The van der Waals surface area contributed by atoms with E-state index in [9.17, 15) is 9.59 Å². The van der Waals surface area contributed by atoms with E-state index >= 15 is 0 Å². The average Bonchev–Trinajstić information content (AvgIpc) is 2.56. The van der Waals surface area contributed by atoms with Crippen LogP contribution in [-0.4, -0.2) is 25.2 Å². The molecule has 0 unspecified atom stereocenters. The maximum atomic E-state index is 12.5. The molecule has 0 aliphatic heterocycles. The Kier molecular flexibility index (Phi) is 9.01. The molecule has 0 aromatic heterocycles. The van der Waals surface area contributed by atoms with Crippen molar-refractivity contribution in [3.8, 4) is 0 Å². The quantitative estimate of drug-likeness (QED) is 0.238. The maximum Gasteiger partial charge on any atom is 0.324 e. The van der Waals surface area contributed by atoms with Gasteiger partial charge in [0.2, 0.25) is 0 Å². The van der Waals surface area contributed by atoms with E-state index in [1.54, 1.807) is 0 Å². The van der Waals surface area contributed by atoms with Crippen molar-refractivity contribution in [2.45, 2.75) is 12.8 Å². The van der Waals surface area contributed by atoms with Gasteiger partial charge >= 0.3 is 11.9 Å². The number of carbonyl (C=O) groups is 2. The Balaban J connectivity index is 5.33. The van der Waals surface area contributed by atoms with E-state index in [0.717, 1.165) is 0 Å². The Morgan fingerprint density at radius 3 is 1.39 bits per heavy atom. The van der Waals surface area contributed by atoms with Gasteiger partial charge in [-0.25, -0.2) is 0 Å². The molecule has 0 N–H and O–H groups in total. The van der Waals surface area contributed by atoms with Gasteiger partial charge in [0.25, 0.3) is 0 Å². The fourth-order valence-corrected chi connectivity index (χ4v) is 1.70. The van der Waals surface area contributed by atoms with Crippen LogP contribution in [0.2, 0.25) is 0 Å². The number of carbonyl (C=O) groups excluding carboxylic acids is 2. The summed E-state index contributed by atoms with van der Waals surface area (Å²) in [7, 11) is 0. The van der Waals surface area contributed by atoms with E-state index in [1.165, 1.54) is 24.3 Å². The largest absolute Gasteiger partial charge is 0.460 e. The first-order chi connectivity index (χ1) is 10.9. The first-order valence-electron chi connectivity index (χ1n) is 7.04.